The molecule has 7 heteroatoms. The Bertz CT molecular complexity index is 737. The maximum atomic E-state index is 10.7. The molecule has 0 aliphatic carbocycles. The lowest BCUT2D eigenvalue weighted by molar-refractivity contribution is 0.0672. The number of hydrogen-bond acceptors (Lipinski definition) is 4. The molecule has 0 radical (unpaired) electrons. The highest BCUT2D eigenvalue weighted by atomic mass is 127. The number of guanidine groups is 1. The van der Waals surface area contributed by atoms with E-state index in [1.54, 1.807) is 14.0 Å². The Hall–Kier alpha value is -1.84. The van der Waals surface area contributed by atoms with E-state index in [9.17, 15) is 5.11 Å². The van der Waals surface area contributed by atoms with E-state index >= 15 is 0 Å². The van der Waals surface area contributed by atoms with Crippen LogP contribution in [0.15, 0.2) is 59.6 Å². The number of aliphatic imine (C=N–C) groups is 1. The molecule has 30 heavy (non-hydrogen) atoms. The smallest absolute Gasteiger partial charge is 0.191 e. The predicted octanol–water partition coefficient (Wildman–Crippen LogP) is 3.68. The molecule has 2 aromatic rings. The first-order valence-corrected chi connectivity index (χ1v) is 10.1. The molecule has 0 saturated heterocycles. The molecule has 166 valence electrons. The highest BCUT2D eigenvalue weighted by Crippen LogP contribution is 2.20. The van der Waals surface area contributed by atoms with Gasteiger partial charge in [-0.1, -0.05) is 42.5 Å². The van der Waals surface area contributed by atoms with Crippen LogP contribution in [0.5, 0.6) is 5.75 Å². The fourth-order valence-corrected chi connectivity index (χ4v) is 2.76. The summed E-state index contributed by atoms with van der Waals surface area (Å²) in [7, 11) is 1.66. The van der Waals surface area contributed by atoms with Gasteiger partial charge in [0.25, 0.3) is 0 Å². The molecule has 0 aliphatic heterocycles. The van der Waals surface area contributed by atoms with Crippen molar-refractivity contribution in [2.45, 2.75) is 32.5 Å². The fourth-order valence-electron chi connectivity index (χ4n) is 2.76. The molecule has 0 fully saturated rings. The van der Waals surface area contributed by atoms with Gasteiger partial charge in [-0.05, 0) is 43.5 Å². The minimum atomic E-state index is -1.01. The minimum Gasteiger partial charge on any atom is -0.497 e. The number of ether oxygens (including phenoxy) is 2. The summed E-state index contributed by atoms with van der Waals surface area (Å²) in [5.41, 5.74) is 0.966. The number of halogens is 1. The first-order valence-electron chi connectivity index (χ1n) is 10.1. The molecule has 1 unspecified atom stereocenters. The lowest BCUT2D eigenvalue weighted by Crippen LogP contribution is -2.39. The van der Waals surface area contributed by atoms with Gasteiger partial charge in [0.2, 0.25) is 0 Å². The summed E-state index contributed by atoms with van der Waals surface area (Å²) in [5.74, 6) is 1.54. The second-order valence-electron chi connectivity index (χ2n) is 7.02. The van der Waals surface area contributed by atoms with Crippen molar-refractivity contribution in [1.29, 1.82) is 0 Å². The van der Waals surface area contributed by atoms with Gasteiger partial charge in [0.15, 0.2) is 5.96 Å². The van der Waals surface area contributed by atoms with Crippen molar-refractivity contribution in [2.24, 2.45) is 4.99 Å². The van der Waals surface area contributed by atoms with E-state index in [0.717, 1.165) is 36.4 Å². The van der Waals surface area contributed by atoms with E-state index in [1.165, 1.54) is 0 Å². The summed E-state index contributed by atoms with van der Waals surface area (Å²) >= 11 is 0. The summed E-state index contributed by atoms with van der Waals surface area (Å²) in [5, 5.41) is 17.2. The monoisotopic (exact) mass is 527 g/mol. The van der Waals surface area contributed by atoms with Crippen LogP contribution in [-0.2, 0) is 16.9 Å². The highest BCUT2D eigenvalue weighted by Gasteiger charge is 2.22. The molecule has 1 atom stereocenters. The van der Waals surface area contributed by atoms with Crippen LogP contribution < -0.4 is 15.4 Å². The van der Waals surface area contributed by atoms with E-state index in [4.69, 9.17) is 9.47 Å². The molecule has 0 aromatic heterocycles. The van der Waals surface area contributed by atoms with Crippen LogP contribution in [0.2, 0.25) is 0 Å². The van der Waals surface area contributed by atoms with Crippen molar-refractivity contribution < 1.29 is 14.6 Å². The third-order valence-electron chi connectivity index (χ3n) is 4.47. The molecule has 0 heterocycles. The Kier molecular flexibility index (Phi) is 12.4. The summed E-state index contributed by atoms with van der Waals surface area (Å²) in [6, 6.07) is 17.5. The number of hydrogen-bond donors (Lipinski definition) is 3. The van der Waals surface area contributed by atoms with Crippen LogP contribution in [0.1, 0.15) is 31.4 Å². The first kappa shape index (κ1) is 26.2. The fraction of sp³-hybridized carbons (Fsp3) is 0.435. The van der Waals surface area contributed by atoms with Gasteiger partial charge < -0.3 is 25.2 Å². The van der Waals surface area contributed by atoms with Gasteiger partial charge in [-0.3, -0.25) is 0 Å². The second kappa shape index (κ2) is 14.2. The van der Waals surface area contributed by atoms with Crippen molar-refractivity contribution in [3.8, 4) is 5.75 Å². The van der Waals surface area contributed by atoms with Gasteiger partial charge in [0.1, 0.15) is 11.4 Å². The van der Waals surface area contributed by atoms with Gasteiger partial charge in [-0.15, -0.1) is 24.0 Å². The van der Waals surface area contributed by atoms with Gasteiger partial charge in [-0.25, -0.2) is 4.99 Å². The largest absolute Gasteiger partial charge is 0.497 e. The van der Waals surface area contributed by atoms with Crippen molar-refractivity contribution in [3.63, 3.8) is 0 Å². The van der Waals surface area contributed by atoms with Crippen LogP contribution in [0.4, 0.5) is 0 Å². The molecular weight excluding hydrogens is 493 g/mol. The van der Waals surface area contributed by atoms with Crippen molar-refractivity contribution in [3.05, 3.63) is 65.7 Å². The van der Waals surface area contributed by atoms with E-state index in [2.05, 4.69) is 15.6 Å². The number of aliphatic hydroxyl groups is 1. The number of rotatable bonds is 11. The Morgan fingerprint density at radius 3 is 2.40 bits per heavy atom. The number of methoxy groups -OCH3 is 1. The molecule has 0 bridgehead atoms. The number of nitrogens with one attached hydrogen (secondary N) is 2. The van der Waals surface area contributed by atoms with Gasteiger partial charge in [0.05, 0.1) is 20.3 Å². The zero-order valence-corrected chi connectivity index (χ0v) is 20.4. The second-order valence-corrected chi connectivity index (χ2v) is 7.02. The summed E-state index contributed by atoms with van der Waals surface area (Å²) in [6.07, 6.45) is 0.857. The standard InChI is InChI=1S/C23H33N3O3.HI/c1-4-24-22(26-18-23(2,27)20-9-6-5-7-10-20)25-15-8-16-29-17-19-11-13-21(28-3)14-12-19;/h5-7,9-14,27H,4,8,15-18H2,1-3H3,(H2,24,25,26);1H. The third-order valence-corrected chi connectivity index (χ3v) is 4.47. The molecule has 0 saturated carbocycles. The summed E-state index contributed by atoms with van der Waals surface area (Å²) in [6.45, 7) is 6.81. The van der Waals surface area contributed by atoms with E-state index < -0.39 is 5.60 Å². The van der Waals surface area contributed by atoms with E-state index in [0.29, 0.717) is 19.2 Å². The van der Waals surface area contributed by atoms with E-state index in [1.807, 2.05) is 61.5 Å². The predicted molar refractivity (Wildman–Crippen MR) is 133 cm³/mol. The molecule has 3 N–H and O–H groups in total. The lowest BCUT2D eigenvalue weighted by Gasteiger charge is -2.22. The Morgan fingerprint density at radius 1 is 1.07 bits per heavy atom. The quantitative estimate of drug-likeness (QED) is 0.180. The number of nitrogens with zero attached hydrogens (tertiary/aromatic N) is 1. The average Bonchev–Trinajstić information content (AvgIpc) is 2.75. The zero-order valence-electron chi connectivity index (χ0n) is 18.1. The first-order chi connectivity index (χ1) is 14.0. The molecule has 2 rings (SSSR count). The molecule has 0 spiro atoms. The van der Waals surface area contributed by atoms with Crippen molar-refractivity contribution in [2.75, 3.05) is 33.4 Å². The highest BCUT2D eigenvalue weighted by molar-refractivity contribution is 14.0. The Morgan fingerprint density at radius 2 is 1.77 bits per heavy atom. The number of benzene rings is 2. The zero-order chi connectivity index (χ0) is 21.0. The van der Waals surface area contributed by atoms with Gasteiger partial charge in [0, 0.05) is 19.7 Å². The van der Waals surface area contributed by atoms with Crippen LogP contribution in [0.3, 0.4) is 0 Å². The molecule has 6 nitrogen and oxygen atoms in total. The maximum absolute atomic E-state index is 10.7. The van der Waals surface area contributed by atoms with E-state index in [-0.39, 0.29) is 30.5 Å². The van der Waals surface area contributed by atoms with Crippen LogP contribution in [0.25, 0.3) is 0 Å². The van der Waals surface area contributed by atoms with Crippen LogP contribution >= 0.6 is 24.0 Å². The Balaban J connectivity index is 0.00000450. The Labute approximate surface area is 197 Å². The maximum Gasteiger partial charge on any atom is 0.191 e. The van der Waals surface area contributed by atoms with Gasteiger partial charge >= 0.3 is 0 Å². The summed E-state index contributed by atoms with van der Waals surface area (Å²) < 4.78 is 10.9. The topological polar surface area (TPSA) is 75.1 Å². The average molecular weight is 527 g/mol. The van der Waals surface area contributed by atoms with Gasteiger partial charge in [-0.2, -0.15) is 0 Å². The normalized spacial score (nSPS) is 13.1. The minimum absolute atomic E-state index is 0. The van der Waals surface area contributed by atoms with Crippen molar-refractivity contribution in [1.82, 2.24) is 10.6 Å². The van der Waals surface area contributed by atoms with Crippen molar-refractivity contribution >= 4 is 29.9 Å². The lowest BCUT2D eigenvalue weighted by atomic mass is 9.96. The van der Waals surface area contributed by atoms with Crippen LogP contribution in [-0.4, -0.2) is 44.4 Å². The molecule has 2 aromatic carbocycles. The third kappa shape index (κ3) is 9.32. The SMILES string of the molecule is CCNC(=NCC(C)(O)c1ccccc1)NCCCOCc1ccc(OC)cc1.I. The summed E-state index contributed by atoms with van der Waals surface area (Å²) in [4.78, 5) is 4.53. The van der Waals surface area contributed by atoms with Crippen LogP contribution in [0, 0.1) is 0 Å². The molecule has 0 amide bonds. The molecule has 0 aliphatic rings. The molecular formula is C23H34IN3O3.